The molecule has 2 atom stereocenters. The highest BCUT2D eigenvalue weighted by atomic mass is 16.6. The highest BCUT2D eigenvalue weighted by Crippen LogP contribution is 2.47. The van der Waals surface area contributed by atoms with Crippen molar-refractivity contribution in [1.29, 1.82) is 0 Å². The van der Waals surface area contributed by atoms with E-state index in [2.05, 4.69) is 0 Å². The van der Waals surface area contributed by atoms with Gasteiger partial charge in [0.05, 0.1) is 4.92 Å². The van der Waals surface area contributed by atoms with Crippen LogP contribution in [0.25, 0.3) is 0 Å². The first-order chi connectivity index (χ1) is 6.72. The second-order valence-corrected chi connectivity index (χ2v) is 3.69. The quantitative estimate of drug-likeness (QED) is 0.584. The van der Waals surface area contributed by atoms with Crippen molar-refractivity contribution in [1.82, 2.24) is 0 Å². The Morgan fingerprint density at radius 3 is 2.93 bits per heavy atom. The highest BCUT2D eigenvalue weighted by molar-refractivity contribution is 5.38. The number of nitrogens with two attached hydrogens (primary N) is 1. The molecular formula is C10H12N2O2. The van der Waals surface area contributed by atoms with E-state index in [1.54, 1.807) is 12.1 Å². The third-order valence-electron chi connectivity index (χ3n) is 2.73. The number of benzene rings is 1. The maximum atomic E-state index is 10.5. The van der Waals surface area contributed by atoms with Crippen molar-refractivity contribution in [2.45, 2.75) is 12.3 Å². The van der Waals surface area contributed by atoms with Gasteiger partial charge in [0.15, 0.2) is 0 Å². The van der Waals surface area contributed by atoms with Crippen LogP contribution in [0.15, 0.2) is 24.3 Å². The van der Waals surface area contributed by atoms with Crippen LogP contribution in [0.4, 0.5) is 5.69 Å². The summed E-state index contributed by atoms with van der Waals surface area (Å²) >= 11 is 0. The summed E-state index contributed by atoms with van der Waals surface area (Å²) < 4.78 is 0. The first kappa shape index (κ1) is 9.15. The van der Waals surface area contributed by atoms with Gasteiger partial charge in [0, 0.05) is 12.1 Å². The molecule has 0 radical (unpaired) electrons. The van der Waals surface area contributed by atoms with Gasteiger partial charge < -0.3 is 5.73 Å². The molecule has 14 heavy (non-hydrogen) atoms. The SMILES string of the molecule is NCC1CC1c1cccc([N+](=O)[O-])c1. The molecule has 0 aromatic heterocycles. The molecule has 0 bridgehead atoms. The Labute approximate surface area is 81.9 Å². The molecule has 2 unspecified atom stereocenters. The smallest absolute Gasteiger partial charge is 0.269 e. The van der Waals surface area contributed by atoms with Crippen molar-refractivity contribution in [3.8, 4) is 0 Å². The summed E-state index contributed by atoms with van der Waals surface area (Å²) in [5.74, 6) is 0.969. The average Bonchev–Trinajstić information content (AvgIpc) is 2.97. The van der Waals surface area contributed by atoms with E-state index in [4.69, 9.17) is 5.73 Å². The fourth-order valence-electron chi connectivity index (χ4n) is 1.79. The molecule has 1 aromatic carbocycles. The van der Waals surface area contributed by atoms with E-state index in [9.17, 15) is 10.1 Å². The third-order valence-corrected chi connectivity index (χ3v) is 2.73. The zero-order valence-electron chi connectivity index (χ0n) is 7.72. The van der Waals surface area contributed by atoms with E-state index in [1.165, 1.54) is 6.07 Å². The Bertz CT molecular complexity index is 365. The lowest BCUT2D eigenvalue weighted by atomic mass is 10.1. The lowest BCUT2D eigenvalue weighted by Crippen LogP contribution is -2.02. The number of nitrogens with zero attached hydrogens (tertiary/aromatic N) is 1. The van der Waals surface area contributed by atoms with Gasteiger partial charge in [-0.3, -0.25) is 10.1 Å². The molecule has 0 amide bonds. The van der Waals surface area contributed by atoms with Gasteiger partial charge in [-0.25, -0.2) is 0 Å². The van der Waals surface area contributed by atoms with Crippen LogP contribution in [0, 0.1) is 16.0 Å². The number of hydrogen-bond acceptors (Lipinski definition) is 3. The van der Waals surface area contributed by atoms with Gasteiger partial charge in [-0.2, -0.15) is 0 Å². The predicted octanol–water partition coefficient (Wildman–Crippen LogP) is 1.66. The number of nitro benzene ring substituents is 1. The maximum Gasteiger partial charge on any atom is 0.269 e. The molecule has 1 aliphatic carbocycles. The molecule has 1 fully saturated rings. The van der Waals surface area contributed by atoms with Crippen LogP contribution in [-0.4, -0.2) is 11.5 Å². The Morgan fingerprint density at radius 1 is 1.57 bits per heavy atom. The van der Waals surface area contributed by atoms with Crippen LogP contribution in [-0.2, 0) is 0 Å². The standard InChI is InChI=1S/C10H12N2O2/c11-6-8-5-10(8)7-2-1-3-9(4-7)12(13)14/h1-4,8,10H,5-6,11H2. The number of hydrogen-bond donors (Lipinski definition) is 1. The Hall–Kier alpha value is -1.42. The van der Waals surface area contributed by atoms with Gasteiger partial charge in [-0.1, -0.05) is 12.1 Å². The average molecular weight is 192 g/mol. The fourth-order valence-corrected chi connectivity index (χ4v) is 1.79. The van der Waals surface area contributed by atoms with Gasteiger partial charge >= 0.3 is 0 Å². The monoisotopic (exact) mass is 192 g/mol. The van der Waals surface area contributed by atoms with Crippen molar-refractivity contribution < 1.29 is 4.92 Å². The van der Waals surface area contributed by atoms with Gasteiger partial charge in [-0.05, 0) is 30.4 Å². The molecule has 4 heteroatoms. The molecule has 0 spiro atoms. The number of nitro groups is 1. The van der Waals surface area contributed by atoms with E-state index in [0.717, 1.165) is 12.0 Å². The molecule has 1 aliphatic rings. The zero-order valence-corrected chi connectivity index (χ0v) is 7.72. The number of rotatable bonds is 3. The lowest BCUT2D eigenvalue weighted by molar-refractivity contribution is -0.384. The van der Waals surface area contributed by atoms with Crippen molar-refractivity contribution >= 4 is 5.69 Å². The second-order valence-electron chi connectivity index (χ2n) is 3.69. The van der Waals surface area contributed by atoms with E-state index in [1.807, 2.05) is 6.07 Å². The van der Waals surface area contributed by atoms with E-state index >= 15 is 0 Å². The summed E-state index contributed by atoms with van der Waals surface area (Å²) in [6.07, 6.45) is 1.07. The summed E-state index contributed by atoms with van der Waals surface area (Å²) in [7, 11) is 0. The van der Waals surface area contributed by atoms with Crippen molar-refractivity contribution in [3.05, 3.63) is 39.9 Å². The Kier molecular flexibility index (Phi) is 2.21. The zero-order chi connectivity index (χ0) is 10.1. The van der Waals surface area contributed by atoms with Crippen molar-refractivity contribution in [2.75, 3.05) is 6.54 Å². The minimum atomic E-state index is -0.358. The van der Waals surface area contributed by atoms with Crippen LogP contribution >= 0.6 is 0 Å². The van der Waals surface area contributed by atoms with Crippen LogP contribution < -0.4 is 5.73 Å². The Balaban J connectivity index is 2.19. The summed E-state index contributed by atoms with van der Waals surface area (Å²) in [5, 5.41) is 10.5. The number of non-ortho nitro benzene ring substituents is 1. The molecule has 0 heterocycles. The minimum Gasteiger partial charge on any atom is -0.330 e. The van der Waals surface area contributed by atoms with Gasteiger partial charge in [-0.15, -0.1) is 0 Å². The lowest BCUT2D eigenvalue weighted by Gasteiger charge is -1.98. The van der Waals surface area contributed by atoms with Crippen LogP contribution in [0.5, 0.6) is 0 Å². The molecule has 2 N–H and O–H groups in total. The maximum absolute atomic E-state index is 10.5. The van der Waals surface area contributed by atoms with Crippen LogP contribution in [0.2, 0.25) is 0 Å². The second kappa shape index (κ2) is 3.38. The predicted molar refractivity (Wildman–Crippen MR) is 53.0 cm³/mol. The van der Waals surface area contributed by atoms with Crippen molar-refractivity contribution in [2.24, 2.45) is 11.7 Å². The Morgan fingerprint density at radius 2 is 2.36 bits per heavy atom. The van der Waals surface area contributed by atoms with E-state index < -0.39 is 0 Å². The minimum absolute atomic E-state index is 0.171. The van der Waals surface area contributed by atoms with Gasteiger partial charge in [0.1, 0.15) is 0 Å². The third kappa shape index (κ3) is 1.61. The summed E-state index contributed by atoms with van der Waals surface area (Å²) in [5.41, 5.74) is 6.75. The topological polar surface area (TPSA) is 69.2 Å². The molecular weight excluding hydrogens is 180 g/mol. The molecule has 74 valence electrons. The molecule has 1 saturated carbocycles. The summed E-state index contributed by atoms with van der Waals surface area (Å²) in [4.78, 5) is 10.2. The van der Waals surface area contributed by atoms with E-state index in [-0.39, 0.29) is 10.6 Å². The molecule has 0 aliphatic heterocycles. The fraction of sp³-hybridized carbons (Fsp3) is 0.400. The van der Waals surface area contributed by atoms with Crippen LogP contribution in [0.1, 0.15) is 17.9 Å². The first-order valence-electron chi connectivity index (χ1n) is 4.67. The van der Waals surface area contributed by atoms with Gasteiger partial charge in [0.25, 0.3) is 5.69 Å². The largest absolute Gasteiger partial charge is 0.330 e. The highest BCUT2D eigenvalue weighted by Gasteiger charge is 2.37. The summed E-state index contributed by atoms with van der Waals surface area (Å²) in [6.45, 7) is 0.674. The summed E-state index contributed by atoms with van der Waals surface area (Å²) in [6, 6.07) is 6.84. The van der Waals surface area contributed by atoms with Crippen molar-refractivity contribution in [3.63, 3.8) is 0 Å². The first-order valence-corrected chi connectivity index (χ1v) is 4.67. The molecule has 0 saturated heterocycles. The van der Waals surface area contributed by atoms with Crippen LogP contribution in [0.3, 0.4) is 0 Å². The van der Waals surface area contributed by atoms with Gasteiger partial charge in [0.2, 0.25) is 0 Å². The molecule has 1 aromatic rings. The molecule has 4 nitrogen and oxygen atoms in total. The van der Waals surface area contributed by atoms with E-state index in [0.29, 0.717) is 18.4 Å². The normalized spacial score (nSPS) is 24.6. The molecule has 2 rings (SSSR count).